The fourth-order valence-corrected chi connectivity index (χ4v) is 2.57. The summed E-state index contributed by atoms with van der Waals surface area (Å²) in [5.74, 6) is -0.204. The van der Waals surface area contributed by atoms with E-state index in [1.807, 2.05) is 18.2 Å². The molecule has 1 heterocycles. The molecule has 24 heavy (non-hydrogen) atoms. The number of nitrogens with zero attached hydrogens (tertiary/aromatic N) is 1. The Morgan fingerprint density at radius 2 is 1.92 bits per heavy atom. The van der Waals surface area contributed by atoms with E-state index in [4.69, 9.17) is 17.3 Å². The maximum Gasteiger partial charge on any atom is 0.312 e. The molecule has 1 aromatic heterocycles. The lowest BCUT2D eigenvalue weighted by Gasteiger charge is -2.19. The zero-order valence-corrected chi connectivity index (χ0v) is 13.8. The van der Waals surface area contributed by atoms with Crippen LogP contribution in [0.4, 0.5) is 4.79 Å². The van der Waals surface area contributed by atoms with Gasteiger partial charge in [0.1, 0.15) is 0 Å². The summed E-state index contributed by atoms with van der Waals surface area (Å²) in [5, 5.41) is 5.84. The zero-order valence-electron chi connectivity index (χ0n) is 13.0. The van der Waals surface area contributed by atoms with E-state index < -0.39 is 12.1 Å². The fraction of sp³-hybridized carbons (Fsp3) is 0.235. The fourth-order valence-electron chi connectivity index (χ4n) is 2.30. The predicted octanol–water partition coefficient (Wildman–Crippen LogP) is 2.19. The van der Waals surface area contributed by atoms with Crippen molar-refractivity contribution in [3.8, 4) is 0 Å². The van der Waals surface area contributed by atoms with Gasteiger partial charge in [0.25, 0.3) is 0 Å². The molecule has 6 nitrogen and oxygen atoms in total. The monoisotopic (exact) mass is 346 g/mol. The number of carbonyl (C=O) groups is 2. The molecule has 0 saturated carbocycles. The lowest BCUT2D eigenvalue weighted by molar-refractivity contribution is -0.121. The van der Waals surface area contributed by atoms with E-state index in [9.17, 15) is 9.59 Å². The zero-order chi connectivity index (χ0) is 17.4. The van der Waals surface area contributed by atoms with Crippen molar-refractivity contribution in [2.24, 2.45) is 5.73 Å². The average Bonchev–Trinajstić information content (AvgIpc) is 2.55. The second kappa shape index (κ2) is 8.88. The van der Waals surface area contributed by atoms with Gasteiger partial charge in [-0.05, 0) is 23.8 Å². The van der Waals surface area contributed by atoms with E-state index in [1.165, 1.54) is 0 Å². The van der Waals surface area contributed by atoms with Crippen molar-refractivity contribution in [3.63, 3.8) is 0 Å². The number of rotatable bonds is 7. The number of halogens is 1. The summed E-state index contributed by atoms with van der Waals surface area (Å²) in [5.41, 5.74) is 6.75. The number of aromatic nitrogens is 1. The molecule has 7 heteroatoms. The third-order valence-electron chi connectivity index (χ3n) is 3.42. The highest BCUT2D eigenvalue weighted by Gasteiger charge is 2.19. The topological polar surface area (TPSA) is 97.1 Å². The summed E-state index contributed by atoms with van der Waals surface area (Å²) in [6.07, 6.45) is 2.39. The number of hydrogen-bond acceptors (Lipinski definition) is 3. The van der Waals surface area contributed by atoms with Gasteiger partial charge in [0, 0.05) is 29.9 Å². The highest BCUT2D eigenvalue weighted by molar-refractivity contribution is 6.31. The number of nitrogens with one attached hydrogen (secondary N) is 2. The van der Waals surface area contributed by atoms with Gasteiger partial charge in [-0.15, -0.1) is 0 Å². The number of hydrogen-bond donors (Lipinski definition) is 3. The van der Waals surface area contributed by atoms with Crippen LogP contribution in [0.3, 0.4) is 0 Å². The first-order valence-electron chi connectivity index (χ1n) is 7.53. The van der Waals surface area contributed by atoms with Crippen LogP contribution in [-0.2, 0) is 11.2 Å². The van der Waals surface area contributed by atoms with Crippen LogP contribution in [0.25, 0.3) is 0 Å². The van der Waals surface area contributed by atoms with Crippen LogP contribution in [-0.4, -0.2) is 23.5 Å². The maximum absolute atomic E-state index is 12.1. The van der Waals surface area contributed by atoms with Crippen LogP contribution in [0.15, 0.2) is 48.7 Å². The summed E-state index contributed by atoms with van der Waals surface area (Å²) in [6, 6.07) is 11.4. The minimum absolute atomic E-state index is 0.0505. The van der Waals surface area contributed by atoms with E-state index in [0.717, 1.165) is 5.69 Å². The molecule has 1 atom stereocenters. The normalized spacial score (nSPS) is 11.5. The van der Waals surface area contributed by atoms with E-state index in [1.54, 1.807) is 30.5 Å². The van der Waals surface area contributed by atoms with Crippen molar-refractivity contribution >= 4 is 23.5 Å². The van der Waals surface area contributed by atoms with Gasteiger partial charge in [0.15, 0.2) is 0 Å². The lowest BCUT2D eigenvalue weighted by Crippen LogP contribution is -2.37. The number of nitrogens with two attached hydrogens (primary N) is 1. The Hall–Kier alpha value is -2.60. The summed E-state index contributed by atoms with van der Waals surface area (Å²) >= 11 is 6.14. The van der Waals surface area contributed by atoms with Gasteiger partial charge in [-0.3, -0.25) is 9.78 Å². The molecule has 0 saturated heterocycles. The molecule has 0 fully saturated rings. The molecular weight excluding hydrogens is 328 g/mol. The van der Waals surface area contributed by atoms with Gasteiger partial charge in [0.2, 0.25) is 5.91 Å². The molecule has 126 valence electrons. The number of amides is 3. The van der Waals surface area contributed by atoms with Gasteiger partial charge in [-0.1, -0.05) is 35.9 Å². The molecule has 0 unspecified atom stereocenters. The van der Waals surface area contributed by atoms with Gasteiger partial charge in [-0.2, -0.15) is 0 Å². The highest BCUT2D eigenvalue weighted by Crippen LogP contribution is 2.24. The minimum atomic E-state index is -0.707. The Labute approximate surface area is 145 Å². The maximum atomic E-state index is 12.1. The Morgan fingerprint density at radius 3 is 2.58 bits per heavy atom. The van der Waals surface area contributed by atoms with Crippen molar-refractivity contribution in [2.45, 2.75) is 18.9 Å². The van der Waals surface area contributed by atoms with Gasteiger partial charge in [0.05, 0.1) is 12.5 Å². The second-order valence-electron chi connectivity index (χ2n) is 5.21. The number of urea groups is 1. The van der Waals surface area contributed by atoms with Crippen LogP contribution in [0, 0.1) is 0 Å². The minimum Gasteiger partial charge on any atom is -0.356 e. The predicted molar refractivity (Wildman–Crippen MR) is 92.5 cm³/mol. The molecule has 4 N–H and O–H groups in total. The Kier molecular flexibility index (Phi) is 6.57. The molecule has 2 rings (SSSR count). The van der Waals surface area contributed by atoms with Crippen LogP contribution in [0.2, 0.25) is 5.02 Å². The summed E-state index contributed by atoms with van der Waals surface area (Å²) < 4.78 is 0. The van der Waals surface area contributed by atoms with Gasteiger partial charge in [-0.25, -0.2) is 4.79 Å². The first-order valence-corrected chi connectivity index (χ1v) is 7.91. The quantitative estimate of drug-likeness (QED) is 0.716. The first-order chi connectivity index (χ1) is 11.6. The summed E-state index contributed by atoms with van der Waals surface area (Å²) in [7, 11) is 0. The summed E-state index contributed by atoms with van der Waals surface area (Å²) in [4.78, 5) is 27.5. The van der Waals surface area contributed by atoms with Crippen LogP contribution >= 0.6 is 11.6 Å². The third kappa shape index (κ3) is 5.55. The van der Waals surface area contributed by atoms with Crippen molar-refractivity contribution in [2.75, 3.05) is 6.54 Å². The number of primary amides is 1. The molecule has 2 aromatic rings. The SMILES string of the molecule is NC(=O)N[C@H](CC(=O)NCCc1ccccn1)c1ccccc1Cl. The molecule has 0 aliphatic carbocycles. The van der Waals surface area contributed by atoms with E-state index >= 15 is 0 Å². The third-order valence-corrected chi connectivity index (χ3v) is 3.76. The number of benzene rings is 1. The highest BCUT2D eigenvalue weighted by atomic mass is 35.5. The smallest absolute Gasteiger partial charge is 0.312 e. The van der Waals surface area contributed by atoms with Crippen molar-refractivity contribution in [1.29, 1.82) is 0 Å². The molecule has 0 spiro atoms. The lowest BCUT2D eigenvalue weighted by atomic mass is 10.0. The average molecular weight is 347 g/mol. The molecular formula is C17H19ClN4O2. The molecule has 0 aliphatic heterocycles. The molecule has 0 bridgehead atoms. The van der Waals surface area contributed by atoms with Crippen molar-refractivity contribution in [3.05, 3.63) is 64.9 Å². The van der Waals surface area contributed by atoms with Crippen LogP contribution in [0.1, 0.15) is 23.7 Å². The molecule has 0 aliphatic rings. The van der Waals surface area contributed by atoms with Crippen LogP contribution < -0.4 is 16.4 Å². The first kappa shape index (κ1) is 17.7. The summed E-state index contributed by atoms with van der Waals surface area (Å²) in [6.45, 7) is 0.460. The Morgan fingerprint density at radius 1 is 1.17 bits per heavy atom. The van der Waals surface area contributed by atoms with Crippen LogP contribution in [0.5, 0.6) is 0 Å². The van der Waals surface area contributed by atoms with E-state index in [0.29, 0.717) is 23.6 Å². The molecule has 0 radical (unpaired) electrons. The Balaban J connectivity index is 1.92. The molecule has 1 aromatic carbocycles. The Bertz CT molecular complexity index is 694. The molecule has 3 amide bonds. The number of pyridine rings is 1. The number of carbonyl (C=O) groups excluding carboxylic acids is 2. The second-order valence-corrected chi connectivity index (χ2v) is 5.62. The van der Waals surface area contributed by atoms with E-state index in [-0.39, 0.29) is 12.3 Å². The largest absolute Gasteiger partial charge is 0.356 e. The van der Waals surface area contributed by atoms with Gasteiger partial charge < -0.3 is 16.4 Å². The standard InChI is InChI=1S/C17H19ClN4O2/c18-14-7-2-1-6-13(14)15(22-17(19)24)11-16(23)21-10-8-12-5-3-4-9-20-12/h1-7,9,15H,8,10-11H2,(H,21,23)(H3,19,22,24)/t15-/m1/s1. The van der Waals surface area contributed by atoms with Crippen molar-refractivity contribution in [1.82, 2.24) is 15.6 Å². The van der Waals surface area contributed by atoms with Crippen molar-refractivity contribution < 1.29 is 9.59 Å². The van der Waals surface area contributed by atoms with Gasteiger partial charge >= 0.3 is 6.03 Å². The van der Waals surface area contributed by atoms with E-state index in [2.05, 4.69) is 15.6 Å².